The molecule has 7 heteroatoms. The van der Waals surface area contributed by atoms with E-state index in [-0.39, 0.29) is 11.6 Å². The molecule has 0 aliphatic heterocycles. The Balaban J connectivity index is 1.64. The zero-order valence-corrected chi connectivity index (χ0v) is 17.2. The number of ether oxygens (including phenoxy) is 1. The van der Waals surface area contributed by atoms with Crippen LogP contribution in [0.25, 0.3) is 40.5 Å². The molecule has 0 aliphatic rings. The third-order valence-electron chi connectivity index (χ3n) is 4.97. The molecule has 156 valence electrons. The fraction of sp³-hybridized carbons (Fsp3) is 0.0400. The van der Waals surface area contributed by atoms with Crippen LogP contribution >= 0.6 is 0 Å². The van der Waals surface area contributed by atoms with E-state index >= 15 is 0 Å². The molecule has 0 unspecified atom stereocenters. The number of benzene rings is 3. The maximum absolute atomic E-state index is 13.3. The van der Waals surface area contributed by atoms with Crippen molar-refractivity contribution >= 4 is 23.1 Å². The molecular weight excluding hydrogens is 404 g/mol. The number of rotatable bonds is 5. The molecule has 0 bridgehead atoms. The minimum absolute atomic E-state index is 0.0479. The highest BCUT2D eigenvalue weighted by Crippen LogP contribution is 2.23. The molecule has 0 N–H and O–H groups in total. The first-order chi connectivity index (χ1) is 15.7. The largest absolute Gasteiger partial charge is 0.497 e. The van der Waals surface area contributed by atoms with Crippen LogP contribution in [0.2, 0.25) is 0 Å². The summed E-state index contributed by atoms with van der Waals surface area (Å²) in [7, 11) is 1.60. The van der Waals surface area contributed by atoms with E-state index in [1.807, 2.05) is 54.6 Å². The molecular formula is C25H18N4O3. The van der Waals surface area contributed by atoms with Gasteiger partial charge in [-0.15, -0.1) is 5.10 Å². The van der Waals surface area contributed by atoms with Gasteiger partial charge in [0.25, 0.3) is 5.56 Å². The number of methoxy groups -OCH3 is 1. The van der Waals surface area contributed by atoms with E-state index < -0.39 is 0 Å². The third-order valence-corrected chi connectivity index (χ3v) is 4.97. The summed E-state index contributed by atoms with van der Waals surface area (Å²) < 4.78 is 12.4. The highest BCUT2D eigenvalue weighted by atomic mass is 16.5. The summed E-state index contributed by atoms with van der Waals surface area (Å²) in [5, 5.41) is 8.73. The van der Waals surface area contributed by atoms with Crippen LogP contribution in [-0.2, 0) is 0 Å². The molecule has 0 saturated heterocycles. The van der Waals surface area contributed by atoms with Gasteiger partial charge in [0.1, 0.15) is 11.6 Å². The minimum Gasteiger partial charge on any atom is -0.497 e. The van der Waals surface area contributed by atoms with Crippen molar-refractivity contribution in [2.45, 2.75) is 0 Å². The summed E-state index contributed by atoms with van der Waals surface area (Å²) >= 11 is 0. The van der Waals surface area contributed by atoms with Crippen LogP contribution in [0.15, 0.2) is 88.1 Å². The fourth-order valence-electron chi connectivity index (χ4n) is 3.34. The van der Waals surface area contributed by atoms with Gasteiger partial charge in [-0.3, -0.25) is 4.79 Å². The second kappa shape index (κ2) is 8.31. The molecule has 5 rings (SSSR count). The van der Waals surface area contributed by atoms with Crippen LogP contribution in [0.5, 0.6) is 5.75 Å². The van der Waals surface area contributed by atoms with Gasteiger partial charge in [0.05, 0.1) is 18.0 Å². The van der Waals surface area contributed by atoms with Gasteiger partial charge in [0, 0.05) is 5.56 Å². The minimum atomic E-state index is -0.284. The lowest BCUT2D eigenvalue weighted by atomic mass is 10.2. The van der Waals surface area contributed by atoms with Crippen LogP contribution in [-0.4, -0.2) is 26.9 Å². The fourth-order valence-corrected chi connectivity index (χ4v) is 3.34. The molecule has 0 atom stereocenters. The van der Waals surface area contributed by atoms with Crippen molar-refractivity contribution in [1.29, 1.82) is 0 Å². The molecule has 7 nitrogen and oxygen atoms in total. The van der Waals surface area contributed by atoms with E-state index in [0.29, 0.717) is 28.2 Å². The van der Waals surface area contributed by atoms with Gasteiger partial charge in [0.15, 0.2) is 0 Å². The molecule has 0 amide bonds. The molecule has 0 fully saturated rings. The predicted molar refractivity (Wildman–Crippen MR) is 123 cm³/mol. The molecule has 2 aromatic heterocycles. The lowest BCUT2D eigenvalue weighted by Crippen LogP contribution is -2.22. The number of hydrogen-bond acceptors (Lipinski definition) is 6. The van der Waals surface area contributed by atoms with Gasteiger partial charge in [-0.25, -0.2) is 9.55 Å². The number of hydrogen-bond donors (Lipinski definition) is 0. The summed E-state index contributed by atoms with van der Waals surface area (Å²) in [6.07, 6.45) is 3.65. The predicted octanol–water partition coefficient (Wildman–Crippen LogP) is 4.61. The van der Waals surface area contributed by atoms with Crippen molar-refractivity contribution in [2.75, 3.05) is 7.11 Å². The van der Waals surface area contributed by atoms with Crippen molar-refractivity contribution in [3.63, 3.8) is 0 Å². The molecule has 0 spiro atoms. The Labute approximate surface area is 183 Å². The van der Waals surface area contributed by atoms with Crippen LogP contribution in [0, 0.1) is 0 Å². The molecule has 3 aromatic carbocycles. The topological polar surface area (TPSA) is 83.0 Å². The average molecular weight is 422 g/mol. The van der Waals surface area contributed by atoms with Gasteiger partial charge in [0.2, 0.25) is 5.89 Å². The highest BCUT2D eigenvalue weighted by Gasteiger charge is 2.17. The van der Waals surface area contributed by atoms with Gasteiger partial charge in [-0.05, 0) is 48.0 Å². The Bertz CT molecular complexity index is 1470. The Hall–Kier alpha value is -4.52. The number of aromatic nitrogens is 4. The molecule has 2 heterocycles. The summed E-state index contributed by atoms with van der Waals surface area (Å²) in [6.45, 7) is 0. The number of para-hydroxylation sites is 1. The Morgan fingerprint density at radius 3 is 2.41 bits per heavy atom. The number of nitrogens with zero attached hydrogens (tertiary/aromatic N) is 4. The first-order valence-corrected chi connectivity index (χ1v) is 9.96. The van der Waals surface area contributed by atoms with Crippen molar-refractivity contribution in [1.82, 2.24) is 19.7 Å². The molecule has 0 aliphatic carbocycles. The van der Waals surface area contributed by atoms with Gasteiger partial charge in [-0.2, -0.15) is 0 Å². The molecule has 0 radical (unpaired) electrons. The molecule has 32 heavy (non-hydrogen) atoms. The van der Waals surface area contributed by atoms with Crippen molar-refractivity contribution < 1.29 is 9.15 Å². The molecule has 5 aromatic rings. The van der Waals surface area contributed by atoms with E-state index in [0.717, 1.165) is 11.3 Å². The van der Waals surface area contributed by atoms with Crippen molar-refractivity contribution in [3.8, 4) is 23.2 Å². The summed E-state index contributed by atoms with van der Waals surface area (Å²) in [6, 6.07) is 24.2. The Kier molecular flexibility index (Phi) is 5.05. The lowest BCUT2D eigenvalue weighted by Gasteiger charge is -2.07. The third kappa shape index (κ3) is 3.67. The monoisotopic (exact) mass is 422 g/mol. The van der Waals surface area contributed by atoms with E-state index in [1.165, 1.54) is 4.57 Å². The normalized spacial score (nSPS) is 11.3. The van der Waals surface area contributed by atoms with Crippen LogP contribution in [0.4, 0.5) is 0 Å². The molecule has 0 saturated carbocycles. The lowest BCUT2D eigenvalue weighted by molar-refractivity contribution is 0.415. The number of fused-ring (bicyclic) bond motifs is 1. The van der Waals surface area contributed by atoms with Crippen LogP contribution < -0.4 is 10.3 Å². The second-order valence-electron chi connectivity index (χ2n) is 6.99. The van der Waals surface area contributed by atoms with E-state index in [1.54, 1.807) is 43.5 Å². The Morgan fingerprint density at radius 1 is 0.875 bits per heavy atom. The highest BCUT2D eigenvalue weighted by molar-refractivity contribution is 5.79. The van der Waals surface area contributed by atoms with Crippen molar-refractivity contribution in [2.24, 2.45) is 0 Å². The summed E-state index contributed by atoms with van der Waals surface area (Å²) in [5.74, 6) is 1.40. The summed E-state index contributed by atoms with van der Waals surface area (Å²) in [5.41, 5.74) is 2.00. The van der Waals surface area contributed by atoms with E-state index in [4.69, 9.17) is 9.15 Å². The SMILES string of the molecule is COc1ccc(-c2nnc(-n3c(/C=C/c4ccccc4)nc4ccccc4c3=O)o2)cc1. The van der Waals surface area contributed by atoms with Crippen LogP contribution in [0.3, 0.4) is 0 Å². The zero-order chi connectivity index (χ0) is 21.9. The van der Waals surface area contributed by atoms with Gasteiger partial charge in [-0.1, -0.05) is 53.6 Å². The van der Waals surface area contributed by atoms with Crippen LogP contribution in [0.1, 0.15) is 11.4 Å². The maximum atomic E-state index is 13.3. The van der Waals surface area contributed by atoms with E-state index in [9.17, 15) is 4.79 Å². The summed E-state index contributed by atoms with van der Waals surface area (Å²) in [4.78, 5) is 18.0. The first kappa shape index (κ1) is 19.4. The van der Waals surface area contributed by atoms with Gasteiger partial charge < -0.3 is 9.15 Å². The Morgan fingerprint density at radius 2 is 1.62 bits per heavy atom. The maximum Gasteiger partial charge on any atom is 0.331 e. The second-order valence-corrected chi connectivity index (χ2v) is 6.99. The standard InChI is InChI=1S/C25H18N4O3/c1-31-19-14-12-18(13-15-19)23-27-28-25(32-23)29-22(16-11-17-7-3-2-4-8-17)26-21-10-6-5-9-20(21)24(29)30/h2-16H,1H3/b16-11+. The van der Waals surface area contributed by atoms with E-state index in [2.05, 4.69) is 15.2 Å². The van der Waals surface area contributed by atoms with Crippen molar-refractivity contribution in [3.05, 3.63) is 101 Å². The average Bonchev–Trinajstić information content (AvgIpc) is 3.33. The van der Waals surface area contributed by atoms with Gasteiger partial charge >= 0.3 is 6.01 Å². The first-order valence-electron chi connectivity index (χ1n) is 9.96. The smallest absolute Gasteiger partial charge is 0.331 e. The zero-order valence-electron chi connectivity index (χ0n) is 17.2. The quantitative estimate of drug-likeness (QED) is 0.411.